The summed E-state index contributed by atoms with van der Waals surface area (Å²) in [6, 6.07) is 0. The molecule has 0 aliphatic carbocycles. The second-order valence-electron chi connectivity index (χ2n) is 8.88. The van der Waals surface area contributed by atoms with Crippen LogP contribution in [0.5, 0.6) is 5.75 Å². The molecular weight excluding hydrogens is 563 g/mol. The number of halogens is 7. The maximum atomic E-state index is 15.4. The summed E-state index contributed by atoms with van der Waals surface area (Å²) in [5.74, 6) is -2.80. The Balaban J connectivity index is 1.61. The van der Waals surface area contributed by atoms with Gasteiger partial charge >= 0.3 is 5.95 Å². The summed E-state index contributed by atoms with van der Waals surface area (Å²) in [6.45, 7) is 3.08. The highest BCUT2D eigenvalue weighted by atomic mass is 79.9. The molecule has 4 aliphatic heterocycles. The van der Waals surface area contributed by atoms with E-state index in [0.717, 1.165) is 29.0 Å². The second-order valence-corrected chi connectivity index (χ2v) is 10.1. The fourth-order valence-corrected chi connectivity index (χ4v) is 5.84. The highest BCUT2D eigenvalue weighted by Gasteiger charge is 2.49. The molecule has 2 atom stereocenters. The van der Waals surface area contributed by atoms with Gasteiger partial charge in [-0.15, -0.1) is 0 Å². The summed E-state index contributed by atoms with van der Waals surface area (Å²) >= 11 is 9.36. The predicted molar refractivity (Wildman–Crippen MR) is 121 cm³/mol. The maximum absolute atomic E-state index is 15.4. The van der Waals surface area contributed by atoms with Crippen LogP contribution < -0.4 is 15.3 Å². The number of nitrogens with zero attached hydrogens (tertiary/aromatic N) is 4. The molecule has 1 aromatic carbocycles. The standard InChI is InChI=1S/C22H21BrClF5N4O2/c1-11(25)33-10-30-19-15-20(18(29)16(23)17(19)24)35-14(8-31(21(15)33)7-13(27)28)34-9-22-3-2-4-32(22)6-12(26)5-22/h8,12-13H,1-7,9-10H2/t12-,22+/m1/s1. The third kappa shape index (κ3) is 4.17. The molecular formula is C22H21BrClF5N4O2. The number of alkyl halides is 3. The van der Waals surface area contributed by atoms with Crippen molar-refractivity contribution in [2.24, 2.45) is 4.99 Å². The molecule has 0 radical (unpaired) electrons. The van der Waals surface area contributed by atoms with Crippen molar-refractivity contribution in [1.82, 2.24) is 14.7 Å². The van der Waals surface area contributed by atoms with Crippen molar-refractivity contribution in [3.05, 3.63) is 50.6 Å². The molecule has 4 heterocycles. The average molecular weight is 584 g/mol. The van der Waals surface area contributed by atoms with Gasteiger partial charge < -0.3 is 14.4 Å². The van der Waals surface area contributed by atoms with E-state index < -0.39 is 42.2 Å². The molecule has 0 unspecified atom stereocenters. The maximum Gasteiger partial charge on any atom is 0.302 e. The highest BCUT2D eigenvalue weighted by Crippen LogP contribution is 2.41. The summed E-state index contributed by atoms with van der Waals surface area (Å²) in [5, 5.41) is -0.178. The predicted octanol–water partition coefficient (Wildman–Crippen LogP) is 3.99. The molecule has 35 heavy (non-hydrogen) atoms. The van der Waals surface area contributed by atoms with Gasteiger partial charge in [-0.3, -0.25) is 14.8 Å². The number of hydrogen-bond donors (Lipinski definition) is 0. The molecule has 0 aromatic heterocycles. The quantitative estimate of drug-likeness (QED) is 0.288. The smallest absolute Gasteiger partial charge is 0.302 e. The molecule has 2 saturated heterocycles. The zero-order chi connectivity index (χ0) is 25.1. The topological polar surface area (TPSA) is 40.5 Å². The van der Waals surface area contributed by atoms with E-state index in [1.807, 2.05) is 4.90 Å². The van der Waals surface area contributed by atoms with Crippen LogP contribution in [0.25, 0.3) is 5.82 Å². The van der Waals surface area contributed by atoms with Crippen LogP contribution in [0.4, 0.5) is 22.0 Å². The van der Waals surface area contributed by atoms with E-state index in [2.05, 4.69) is 27.5 Å². The van der Waals surface area contributed by atoms with Crippen LogP contribution in [0.1, 0.15) is 19.3 Å². The number of hydrogen-bond acceptors (Lipinski definition) is 6. The van der Waals surface area contributed by atoms with Crippen molar-refractivity contribution in [3.63, 3.8) is 0 Å². The minimum Gasteiger partial charge on any atom is -0.462 e. The Morgan fingerprint density at radius 3 is 2.91 bits per heavy atom. The van der Waals surface area contributed by atoms with Crippen LogP contribution in [0.3, 0.4) is 0 Å². The lowest BCUT2D eigenvalue weighted by Crippen LogP contribution is -2.46. The minimum atomic E-state index is -2.85. The van der Waals surface area contributed by atoms with E-state index in [9.17, 15) is 17.6 Å². The van der Waals surface area contributed by atoms with Gasteiger partial charge in [0.05, 0.1) is 38.4 Å². The van der Waals surface area contributed by atoms with Gasteiger partial charge in [-0.05, 0) is 41.9 Å². The van der Waals surface area contributed by atoms with Gasteiger partial charge in [0.25, 0.3) is 6.43 Å². The second kappa shape index (κ2) is 9.11. The minimum absolute atomic E-state index is 0.0135. The Hall–Kier alpha value is -2.05. The molecule has 5 rings (SSSR count). The van der Waals surface area contributed by atoms with Crippen LogP contribution in [0.2, 0.25) is 5.02 Å². The Morgan fingerprint density at radius 1 is 1.43 bits per heavy atom. The molecule has 6 nitrogen and oxygen atoms in total. The molecule has 0 amide bonds. The van der Waals surface area contributed by atoms with E-state index >= 15 is 4.39 Å². The molecule has 2 fully saturated rings. The van der Waals surface area contributed by atoms with E-state index in [4.69, 9.17) is 21.1 Å². The number of ether oxygens (including phenoxy) is 2. The van der Waals surface area contributed by atoms with Gasteiger partial charge in [0.1, 0.15) is 25.3 Å². The zero-order valence-electron chi connectivity index (χ0n) is 18.3. The van der Waals surface area contributed by atoms with Gasteiger partial charge in [0, 0.05) is 13.0 Å². The average Bonchev–Trinajstić information content (AvgIpc) is 3.26. The van der Waals surface area contributed by atoms with Crippen molar-refractivity contribution in [3.8, 4) is 5.75 Å². The molecule has 0 saturated carbocycles. The van der Waals surface area contributed by atoms with Gasteiger partial charge in [0.15, 0.2) is 17.5 Å². The Labute approximate surface area is 211 Å². The largest absolute Gasteiger partial charge is 0.462 e. The summed E-state index contributed by atoms with van der Waals surface area (Å²) in [6.07, 6.45) is -0.901. The number of rotatable bonds is 6. The first-order valence-electron chi connectivity index (χ1n) is 10.9. The van der Waals surface area contributed by atoms with E-state index in [-0.39, 0.29) is 51.5 Å². The molecule has 13 heteroatoms. The Kier molecular flexibility index (Phi) is 6.41. The molecule has 0 spiro atoms. The van der Waals surface area contributed by atoms with Gasteiger partial charge in [-0.25, -0.2) is 17.6 Å². The first-order chi connectivity index (χ1) is 16.6. The lowest BCUT2D eigenvalue weighted by Gasteiger charge is -2.33. The van der Waals surface area contributed by atoms with Crippen molar-refractivity contribution in [2.45, 2.75) is 37.4 Å². The fourth-order valence-electron chi connectivity index (χ4n) is 5.24. The first kappa shape index (κ1) is 24.6. The van der Waals surface area contributed by atoms with Crippen LogP contribution in [0.15, 0.2) is 34.1 Å². The van der Waals surface area contributed by atoms with E-state index in [1.165, 1.54) is 0 Å². The van der Waals surface area contributed by atoms with Gasteiger partial charge in [-0.2, -0.15) is 4.39 Å². The highest BCUT2D eigenvalue weighted by molar-refractivity contribution is 9.10. The summed E-state index contributed by atoms with van der Waals surface area (Å²) < 4.78 is 82.6. The van der Waals surface area contributed by atoms with Crippen molar-refractivity contribution < 1.29 is 31.4 Å². The molecule has 0 N–H and O–H groups in total. The van der Waals surface area contributed by atoms with E-state index in [1.54, 1.807) is 0 Å². The van der Waals surface area contributed by atoms with Crippen molar-refractivity contribution in [1.29, 1.82) is 0 Å². The monoisotopic (exact) mass is 582 g/mol. The molecule has 0 bridgehead atoms. The number of benzene rings is 1. The van der Waals surface area contributed by atoms with Gasteiger partial charge in [-0.1, -0.05) is 11.6 Å². The van der Waals surface area contributed by atoms with Crippen molar-refractivity contribution in [2.75, 3.05) is 32.9 Å². The summed E-state index contributed by atoms with van der Waals surface area (Å²) in [7, 11) is 0. The Bertz CT molecular complexity index is 1230. The van der Waals surface area contributed by atoms with Crippen LogP contribution in [-0.2, 0) is 4.74 Å². The lowest BCUT2D eigenvalue weighted by molar-refractivity contribution is 0.0245. The van der Waals surface area contributed by atoms with E-state index in [0.29, 0.717) is 13.0 Å². The van der Waals surface area contributed by atoms with Gasteiger partial charge in [0.2, 0.25) is 0 Å². The van der Waals surface area contributed by atoms with Crippen LogP contribution >= 0.6 is 27.5 Å². The first-order valence-corrected chi connectivity index (χ1v) is 12.1. The summed E-state index contributed by atoms with van der Waals surface area (Å²) in [5.41, 5.74) is -0.564. The summed E-state index contributed by atoms with van der Waals surface area (Å²) in [4.78, 5) is 8.14. The third-order valence-corrected chi connectivity index (χ3v) is 8.05. The SMILES string of the molecule is C=C(F)N1CN=c2c(Cl)c(Br)c(F)c3c2=C1N(CC(F)F)C=C(OC[C@@]12CCCN1C[C@H](F)C2)O3. The van der Waals surface area contributed by atoms with Crippen LogP contribution in [-0.4, -0.2) is 65.7 Å². The fraction of sp³-hybridized carbons (Fsp3) is 0.500. The number of fused-ring (bicyclic) bond motifs is 1. The normalized spacial score (nSPS) is 25.7. The lowest BCUT2D eigenvalue weighted by atomic mass is 9.95. The molecule has 190 valence electrons. The molecule has 4 aliphatic rings. The zero-order valence-corrected chi connectivity index (χ0v) is 20.7. The molecule has 1 aromatic rings. The third-order valence-electron chi connectivity index (χ3n) is 6.71. The van der Waals surface area contributed by atoms with Crippen molar-refractivity contribution >= 4 is 33.4 Å². The van der Waals surface area contributed by atoms with Crippen LogP contribution in [0, 0.1) is 5.82 Å². The Morgan fingerprint density at radius 2 is 2.20 bits per heavy atom.